The molecule has 2 aromatic heterocycles. The summed E-state index contributed by atoms with van der Waals surface area (Å²) >= 11 is 0. The van der Waals surface area contributed by atoms with Gasteiger partial charge in [0.1, 0.15) is 0 Å². The topological polar surface area (TPSA) is 51.8 Å². The van der Waals surface area contributed by atoms with Gasteiger partial charge < -0.3 is 5.73 Å². The Morgan fingerprint density at radius 3 is 1.94 bits per heavy atom. The second kappa shape index (κ2) is 11.2. The normalized spacial score (nSPS) is 11.5. The first-order chi connectivity index (χ1) is 15.0. The summed E-state index contributed by atoms with van der Waals surface area (Å²) in [6.45, 7) is 9.74. The van der Waals surface area contributed by atoms with E-state index in [9.17, 15) is 0 Å². The Morgan fingerprint density at radius 2 is 1.32 bits per heavy atom. The van der Waals surface area contributed by atoms with Crippen molar-refractivity contribution in [2.45, 2.75) is 59.8 Å². The Morgan fingerprint density at radius 1 is 0.710 bits per heavy atom. The van der Waals surface area contributed by atoms with Crippen LogP contribution in [-0.2, 0) is 19.3 Å². The highest BCUT2D eigenvalue weighted by molar-refractivity contribution is 5.73. The van der Waals surface area contributed by atoms with Crippen LogP contribution in [-0.4, -0.2) is 16.5 Å². The molecule has 3 heteroatoms. The van der Waals surface area contributed by atoms with Crippen LogP contribution in [0.15, 0.2) is 55.1 Å². The highest BCUT2D eigenvalue weighted by atomic mass is 14.6. The lowest BCUT2D eigenvalue weighted by atomic mass is 9.91. The number of unbranched alkanes of at least 4 members (excludes halogenated alkanes) is 1. The molecule has 3 rings (SSSR count). The molecule has 2 heterocycles. The van der Waals surface area contributed by atoms with Crippen LogP contribution in [0.3, 0.4) is 0 Å². The van der Waals surface area contributed by atoms with Crippen LogP contribution >= 0.6 is 0 Å². The molecule has 2 N–H and O–H groups in total. The van der Waals surface area contributed by atoms with Crippen molar-refractivity contribution in [3.05, 3.63) is 71.8 Å². The number of hydrogen-bond acceptors (Lipinski definition) is 3. The summed E-state index contributed by atoms with van der Waals surface area (Å²) in [6.07, 6.45) is 13.2. The van der Waals surface area contributed by atoms with Crippen LogP contribution in [0.1, 0.15) is 57.2 Å². The van der Waals surface area contributed by atoms with Gasteiger partial charge in [-0.15, -0.1) is 0 Å². The second-order valence-electron chi connectivity index (χ2n) is 9.48. The number of nitrogens with two attached hydrogens (primary N) is 1. The van der Waals surface area contributed by atoms with Gasteiger partial charge in [0.2, 0.25) is 0 Å². The Hall–Kier alpha value is -2.52. The predicted molar refractivity (Wildman–Crippen MR) is 132 cm³/mol. The van der Waals surface area contributed by atoms with E-state index in [0.29, 0.717) is 11.8 Å². The largest absolute Gasteiger partial charge is 0.330 e. The van der Waals surface area contributed by atoms with Gasteiger partial charge in [-0.2, -0.15) is 0 Å². The van der Waals surface area contributed by atoms with E-state index in [1.54, 1.807) is 0 Å². The molecular formula is C28H37N3. The fraction of sp³-hybridized carbons (Fsp3) is 0.429. The molecule has 0 aliphatic carbocycles. The Balaban J connectivity index is 1.98. The van der Waals surface area contributed by atoms with Gasteiger partial charge in [0.15, 0.2) is 0 Å². The Bertz CT molecular complexity index is 975. The fourth-order valence-corrected chi connectivity index (χ4v) is 4.17. The molecule has 0 bridgehead atoms. The highest BCUT2D eigenvalue weighted by Crippen LogP contribution is 2.31. The lowest BCUT2D eigenvalue weighted by molar-refractivity contribution is 0.645. The molecule has 0 saturated carbocycles. The summed E-state index contributed by atoms with van der Waals surface area (Å²) in [7, 11) is 0. The summed E-state index contributed by atoms with van der Waals surface area (Å²) in [5.74, 6) is 1.24. The zero-order valence-corrected chi connectivity index (χ0v) is 19.6. The molecule has 164 valence electrons. The summed E-state index contributed by atoms with van der Waals surface area (Å²) in [6, 6.07) is 11.4. The van der Waals surface area contributed by atoms with Gasteiger partial charge in [-0.1, -0.05) is 45.9 Å². The van der Waals surface area contributed by atoms with Gasteiger partial charge in [0.25, 0.3) is 0 Å². The molecule has 0 saturated heterocycles. The van der Waals surface area contributed by atoms with Gasteiger partial charge in [0.05, 0.1) is 0 Å². The summed E-state index contributed by atoms with van der Waals surface area (Å²) in [5, 5.41) is 0. The van der Waals surface area contributed by atoms with Crippen molar-refractivity contribution in [3.63, 3.8) is 0 Å². The Kier molecular flexibility index (Phi) is 8.36. The van der Waals surface area contributed by atoms with Gasteiger partial charge >= 0.3 is 0 Å². The van der Waals surface area contributed by atoms with Crippen molar-refractivity contribution >= 4 is 0 Å². The van der Waals surface area contributed by atoms with Crippen molar-refractivity contribution in [1.29, 1.82) is 0 Å². The van der Waals surface area contributed by atoms with E-state index in [2.05, 4.69) is 68.0 Å². The summed E-state index contributed by atoms with van der Waals surface area (Å²) in [5.41, 5.74) is 14.6. The molecule has 0 aliphatic heterocycles. The zero-order chi connectivity index (χ0) is 22.2. The van der Waals surface area contributed by atoms with E-state index in [4.69, 9.17) is 5.73 Å². The molecule has 0 amide bonds. The molecule has 1 aromatic carbocycles. The average Bonchev–Trinajstić information content (AvgIpc) is 2.73. The van der Waals surface area contributed by atoms with Crippen molar-refractivity contribution < 1.29 is 0 Å². The molecular weight excluding hydrogens is 378 g/mol. The van der Waals surface area contributed by atoms with Crippen LogP contribution in [0.2, 0.25) is 0 Å². The van der Waals surface area contributed by atoms with Gasteiger partial charge in [-0.25, -0.2) is 0 Å². The third kappa shape index (κ3) is 6.73. The zero-order valence-electron chi connectivity index (χ0n) is 19.6. The first kappa shape index (κ1) is 23.1. The first-order valence-corrected chi connectivity index (χ1v) is 11.7. The van der Waals surface area contributed by atoms with E-state index in [-0.39, 0.29) is 0 Å². The van der Waals surface area contributed by atoms with Crippen molar-refractivity contribution in [3.8, 4) is 22.3 Å². The van der Waals surface area contributed by atoms with E-state index < -0.39 is 0 Å². The molecule has 0 aliphatic rings. The van der Waals surface area contributed by atoms with Gasteiger partial charge in [-0.3, -0.25) is 9.97 Å². The minimum absolute atomic E-state index is 0.620. The number of rotatable bonds is 10. The second-order valence-corrected chi connectivity index (χ2v) is 9.48. The molecule has 3 nitrogen and oxygen atoms in total. The van der Waals surface area contributed by atoms with E-state index in [1.165, 1.54) is 38.9 Å². The average molecular weight is 416 g/mol. The summed E-state index contributed by atoms with van der Waals surface area (Å²) in [4.78, 5) is 9.05. The van der Waals surface area contributed by atoms with Gasteiger partial charge in [0, 0.05) is 35.9 Å². The minimum atomic E-state index is 0.620. The minimum Gasteiger partial charge on any atom is -0.330 e. The maximum atomic E-state index is 5.77. The molecule has 0 fully saturated rings. The standard InChI is InChI=1S/C28H37N3/c1-20(2)11-22-13-26(18-30-16-22)24-8-9-28(25(15-24)7-5-6-10-29)27-14-23(12-21(3)4)17-31-19-27/h8-9,13-21H,5-7,10-12,29H2,1-4H3. The Labute approximate surface area is 188 Å². The van der Waals surface area contributed by atoms with Crippen molar-refractivity contribution in [2.75, 3.05) is 6.54 Å². The molecule has 0 unspecified atom stereocenters. The van der Waals surface area contributed by atoms with Crippen LogP contribution in [0, 0.1) is 11.8 Å². The van der Waals surface area contributed by atoms with E-state index in [0.717, 1.165) is 38.6 Å². The maximum Gasteiger partial charge on any atom is 0.0346 e. The third-order valence-electron chi connectivity index (χ3n) is 5.53. The monoisotopic (exact) mass is 415 g/mol. The fourth-order valence-electron chi connectivity index (χ4n) is 4.17. The molecule has 3 aromatic rings. The lowest BCUT2D eigenvalue weighted by Gasteiger charge is -2.14. The molecule has 0 spiro atoms. The number of aromatic nitrogens is 2. The number of benzene rings is 1. The maximum absolute atomic E-state index is 5.77. The molecule has 31 heavy (non-hydrogen) atoms. The van der Waals surface area contributed by atoms with E-state index >= 15 is 0 Å². The third-order valence-corrected chi connectivity index (χ3v) is 5.53. The lowest BCUT2D eigenvalue weighted by Crippen LogP contribution is -2.01. The van der Waals surface area contributed by atoms with Crippen molar-refractivity contribution in [1.82, 2.24) is 9.97 Å². The SMILES string of the molecule is CC(C)Cc1cncc(-c2ccc(-c3cncc(CC(C)C)c3)c(CCCCN)c2)c1. The van der Waals surface area contributed by atoms with Gasteiger partial charge in [-0.05, 0) is 90.4 Å². The smallest absolute Gasteiger partial charge is 0.0346 e. The van der Waals surface area contributed by atoms with E-state index in [1.807, 2.05) is 24.8 Å². The highest BCUT2D eigenvalue weighted by Gasteiger charge is 2.11. The molecule has 0 atom stereocenters. The summed E-state index contributed by atoms with van der Waals surface area (Å²) < 4.78 is 0. The number of nitrogens with zero attached hydrogens (tertiary/aromatic N) is 2. The van der Waals surface area contributed by atoms with Crippen molar-refractivity contribution in [2.24, 2.45) is 17.6 Å². The number of pyridine rings is 2. The van der Waals surface area contributed by atoms with Crippen LogP contribution < -0.4 is 5.73 Å². The predicted octanol–water partition coefficient (Wildman–Crippen LogP) is 6.49. The van der Waals surface area contributed by atoms with Crippen LogP contribution in [0.4, 0.5) is 0 Å². The first-order valence-electron chi connectivity index (χ1n) is 11.7. The van der Waals surface area contributed by atoms with Crippen LogP contribution in [0.5, 0.6) is 0 Å². The number of aryl methyl sites for hydroxylation is 1. The van der Waals surface area contributed by atoms with Crippen LogP contribution in [0.25, 0.3) is 22.3 Å². The molecule has 0 radical (unpaired) electrons. The number of hydrogen-bond donors (Lipinski definition) is 1. The quantitative estimate of drug-likeness (QED) is 0.385.